The summed E-state index contributed by atoms with van der Waals surface area (Å²) >= 11 is 0. The zero-order valence-electron chi connectivity index (χ0n) is 20.9. The predicted octanol–water partition coefficient (Wildman–Crippen LogP) is 2.85. The number of anilines is 2. The minimum absolute atomic E-state index is 0.279. The van der Waals surface area contributed by atoms with Gasteiger partial charge < -0.3 is 30.3 Å². The Hall–Kier alpha value is -3.44. The number of nitrogens with one attached hydrogen (secondary N) is 3. The molecule has 0 spiro atoms. The fourth-order valence-electron chi connectivity index (χ4n) is 4.42. The Morgan fingerprint density at radius 1 is 1.22 bits per heavy atom. The van der Waals surface area contributed by atoms with Gasteiger partial charge in [0.1, 0.15) is 5.75 Å². The number of hydrogen-bond acceptors (Lipinski definition) is 9. The number of carbonyl (C=O) groups excluding carboxylic acids is 1. The number of nitrogens with zero attached hydrogens (tertiary/aromatic N) is 5. The average Bonchev–Trinajstić information content (AvgIpc) is 3.33. The maximum atomic E-state index is 12.5. The molecule has 2 aromatic heterocycles. The zero-order chi connectivity index (χ0) is 24.9. The molecule has 0 aliphatic carbocycles. The number of fused-ring (bicyclic) bond motifs is 1. The lowest BCUT2D eigenvalue weighted by molar-refractivity contribution is 0.0903. The lowest BCUT2D eigenvalue weighted by Gasteiger charge is -2.26. The molecular formula is C25H34N8O3. The number of piperazine rings is 1. The number of rotatable bonds is 7. The van der Waals surface area contributed by atoms with E-state index in [9.17, 15) is 4.79 Å². The second kappa shape index (κ2) is 11.1. The van der Waals surface area contributed by atoms with Crippen molar-refractivity contribution in [1.82, 2.24) is 29.8 Å². The second-order valence-corrected chi connectivity index (χ2v) is 9.50. The predicted molar refractivity (Wildman–Crippen MR) is 137 cm³/mol. The molecule has 11 nitrogen and oxygen atoms in total. The Morgan fingerprint density at radius 2 is 2.03 bits per heavy atom. The van der Waals surface area contributed by atoms with Crippen molar-refractivity contribution in [2.45, 2.75) is 45.2 Å². The number of carbonyl (C=O) groups is 1. The van der Waals surface area contributed by atoms with Crippen LogP contribution in [0.1, 0.15) is 43.7 Å². The largest absolute Gasteiger partial charge is 0.415 e. The standard InChI is InChI=1S/C25H34N8O3/c1-17(2)21-16-28-33-22(21)30-23(29-19-6-12-35-13-7-19)31-24(33)27-15-18-4-3-5-20(14-18)36-25(34)32-10-8-26-9-11-32/h3-5,14,16-17,19,26H,6-13,15H2,1-2H3,(H2,27,29,30,31). The molecule has 0 unspecified atom stereocenters. The van der Waals surface area contributed by atoms with E-state index in [-0.39, 0.29) is 18.1 Å². The Labute approximate surface area is 210 Å². The molecule has 2 saturated heterocycles. The lowest BCUT2D eigenvalue weighted by Crippen LogP contribution is -2.47. The molecule has 4 heterocycles. The summed E-state index contributed by atoms with van der Waals surface area (Å²) in [5, 5.41) is 14.7. The van der Waals surface area contributed by atoms with Gasteiger partial charge in [-0.05, 0) is 36.5 Å². The van der Waals surface area contributed by atoms with E-state index in [0.717, 1.165) is 55.9 Å². The average molecular weight is 495 g/mol. The van der Waals surface area contributed by atoms with E-state index in [1.165, 1.54) is 0 Å². The van der Waals surface area contributed by atoms with Crippen LogP contribution in [-0.4, -0.2) is 76.0 Å². The van der Waals surface area contributed by atoms with Crippen LogP contribution in [0.25, 0.3) is 5.65 Å². The monoisotopic (exact) mass is 494 g/mol. The van der Waals surface area contributed by atoms with E-state index < -0.39 is 0 Å². The Bertz CT molecular complexity index is 1190. The van der Waals surface area contributed by atoms with Crippen LogP contribution in [0, 0.1) is 0 Å². The molecule has 11 heteroatoms. The summed E-state index contributed by atoms with van der Waals surface area (Å²) in [6.45, 7) is 9.09. The van der Waals surface area contributed by atoms with Crippen molar-refractivity contribution >= 4 is 23.6 Å². The molecule has 0 saturated carbocycles. The van der Waals surface area contributed by atoms with Crippen molar-refractivity contribution in [1.29, 1.82) is 0 Å². The van der Waals surface area contributed by atoms with E-state index in [1.54, 1.807) is 15.5 Å². The van der Waals surface area contributed by atoms with Crippen LogP contribution in [-0.2, 0) is 11.3 Å². The normalized spacial score (nSPS) is 16.9. The Balaban J connectivity index is 1.32. The highest BCUT2D eigenvalue weighted by atomic mass is 16.6. The Morgan fingerprint density at radius 3 is 2.81 bits per heavy atom. The molecule has 0 atom stereocenters. The van der Waals surface area contributed by atoms with Crippen LogP contribution in [0.4, 0.5) is 16.7 Å². The highest BCUT2D eigenvalue weighted by Gasteiger charge is 2.20. The zero-order valence-corrected chi connectivity index (χ0v) is 20.9. The first-order chi connectivity index (χ1) is 17.6. The van der Waals surface area contributed by atoms with Crippen molar-refractivity contribution in [3.8, 4) is 5.75 Å². The number of aromatic nitrogens is 4. The number of hydrogen-bond donors (Lipinski definition) is 3. The van der Waals surface area contributed by atoms with E-state index in [2.05, 4.69) is 34.9 Å². The summed E-state index contributed by atoms with van der Waals surface area (Å²) in [6, 6.07) is 7.81. The molecule has 1 amide bonds. The number of benzene rings is 1. The number of ether oxygens (including phenoxy) is 2. The van der Waals surface area contributed by atoms with Crippen molar-refractivity contribution < 1.29 is 14.3 Å². The lowest BCUT2D eigenvalue weighted by atomic mass is 10.1. The topological polar surface area (TPSA) is 118 Å². The van der Waals surface area contributed by atoms with Crippen LogP contribution >= 0.6 is 0 Å². The van der Waals surface area contributed by atoms with Gasteiger partial charge in [-0.2, -0.15) is 19.6 Å². The first kappa shape index (κ1) is 24.3. The fraction of sp³-hybridized carbons (Fsp3) is 0.520. The summed E-state index contributed by atoms with van der Waals surface area (Å²) in [6.07, 6.45) is 3.38. The molecule has 2 aliphatic heterocycles. The van der Waals surface area contributed by atoms with Crippen LogP contribution in [0.15, 0.2) is 30.5 Å². The molecule has 0 radical (unpaired) electrons. The maximum absolute atomic E-state index is 12.5. The molecule has 5 rings (SSSR count). The van der Waals surface area contributed by atoms with Crippen molar-refractivity contribution in [3.05, 3.63) is 41.6 Å². The van der Waals surface area contributed by atoms with Crippen molar-refractivity contribution in [3.63, 3.8) is 0 Å². The molecule has 36 heavy (non-hydrogen) atoms. The van der Waals surface area contributed by atoms with Crippen molar-refractivity contribution in [2.75, 3.05) is 50.0 Å². The third kappa shape index (κ3) is 5.68. The van der Waals surface area contributed by atoms with Gasteiger partial charge in [-0.15, -0.1) is 0 Å². The molecule has 2 fully saturated rings. The minimum Gasteiger partial charge on any atom is -0.410 e. The summed E-state index contributed by atoms with van der Waals surface area (Å²) < 4.78 is 12.8. The number of amides is 1. The third-order valence-electron chi connectivity index (χ3n) is 6.50. The van der Waals surface area contributed by atoms with Gasteiger partial charge in [0.25, 0.3) is 0 Å². The second-order valence-electron chi connectivity index (χ2n) is 9.50. The summed E-state index contributed by atoms with van der Waals surface area (Å²) in [4.78, 5) is 23.7. The van der Waals surface area contributed by atoms with Gasteiger partial charge in [-0.3, -0.25) is 0 Å². The first-order valence-corrected chi connectivity index (χ1v) is 12.7. The highest BCUT2D eigenvalue weighted by Crippen LogP contribution is 2.24. The molecule has 192 valence electrons. The van der Waals surface area contributed by atoms with Crippen molar-refractivity contribution in [2.24, 2.45) is 0 Å². The molecule has 1 aromatic carbocycles. The summed E-state index contributed by atoms with van der Waals surface area (Å²) in [5.74, 6) is 1.99. The SMILES string of the molecule is CC(C)c1cnn2c(NCc3cccc(OC(=O)N4CCNCC4)c3)nc(NC3CCOCC3)nc12. The van der Waals surface area contributed by atoms with E-state index in [1.807, 2.05) is 24.4 Å². The minimum atomic E-state index is -0.319. The van der Waals surface area contributed by atoms with Gasteiger partial charge in [-0.25, -0.2) is 4.79 Å². The third-order valence-corrected chi connectivity index (χ3v) is 6.50. The maximum Gasteiger partial charge on any atom is 0.415 e. The summed E-state index contributed by atoms with van der Waals surface area (Å²) in [7, 11) is 0. The molecule has 3 aromatic rings. The molecule has 2 aliphatic rings. The quantitative estimate of drug-likeness (QED) is 0.456. The van der Waals surface area contributed by atoms with Gasteiger partial charge in [0.15, 0.2) is 5.65 Å². The van der Waals surface area contributed by atoms with Crippen LogP contribution in [0.5, 0.6) is 5.75 Å². The van der Waals surface area contributed by atoms with E-state index in [0.29, 0.717) is 37.3 Å². The Kier molecular flexibility index (Phi) is 7.47. The smallest absolute Gasteiger partial charge is 0.410 e. The molecule has 3 N–H and O–H groups in total. The summed E-state index contributed by atoms with van der Waals surface area (Å²) in [5.41, 5.74) is 2.82. The fourth-order valence-corrected chi connectivity index (χ4v) is 4.42. The van der Waals surface area contributed by atoms with Crippen LogP contribution in [0.2, 0.25) is 0 Å². The van der Waals surface area contributed by atoms with Gasteiger partial charge in [-0.1, -0.05) is 26.0 Å². The first-order valence-electron chi connectivity index (χ1n) is 12.7. The van der Waals surface area contributed by atoms with Crippen LogP contribution in [0.3, 0.4) is 0 Å². The van der Waals surface area contributed by atoms with Gasteiger partial charge in [0.05, 0.1) is 6.20 Å². The highest BCUT2D eigenvalue weighted by molar-refractivity contribution is 5.71. The van der Waals surface area contributed by atoms with Gasteiger partial charge >= 0.3 is 6.09 Å². The van der Waals surface area contributed by atoms with Gasteiger partial charge in [0.2, 0.25) is 11.9 Å². The molecular weight excluding hydrogens is 460 g/mol. The van der Waals surface area contributed by atoms with E-state index in [4.69, 9.17) is 19.4 Å². The van der Waals surface area contributed by atoms with Gasteiger partial charge in [0, 0.05) is 57.5 Å². The van der Waals surface area contributed by atoms with E-state index >= 15 is 0 Å². The molecule has 0 bridgehead atoms. The van der Waals surface area contributed by atoms with Crippen LogP contribution < -0.4 is 20.7 Å².